The molecule has 0 aromatic heterocycles. The molecule has 0 saturated heterocycles. The Morgan fingerprint density at radius 1 is 1.17 bits per heavy atom. The van der Waals surface area contributed by atoms with Crippen molar-refractivity contribution in [2.45, 2.75) is 72.1 Å². The highest BCUT2D eigenvalue weighted by atomic mass is 16.2. The van der Waals surface area contributed by atoms with Crippen LogP contribution >= 0.6 is 0 Å². The van der Waals surface area contributed by atoms with Gasteiger partial charge >= 0.3 is 0 Å². The quantitative estimate of drug-likeness (QED) is 0.711. The van der Waals surface area contributed by atoms with Gasteiger partial charge in [-0.05, 0) is 36.5 Å². The van der Waals surface area contributed by atoms with Gasteiger partial charge in [0.1, 0.15) is 11.6 Å². The van der Waals surface area contributed by atoms with Crippen molar-refractivity contribution in [3.63, 3.8) is 0 Å². The Balaban J connectivity index is 2.07. The summed E-state index contributed by atoms with van der Waals surface area (Å²) in [6, 6.07) is 0. The smallest absolute Gasteiger partial charge is 0.143 e. The van der Waals surface area contributed by atoms with Crippen LogP contribution in [0.1, 0.15) is 72.1 Å². The first-order chi connectivity index (χ1) is 8.36. The van der Waals surface area contributed by atoms with Crippen LogP contribution in [0.2, 0.25) is 0 Å². The Morgan fingerprint density at radius 3 is 2.39 bits per heavy atom. The molecule has 2 nitrogen and oxygen atoms in total. The van der Waals surface area contributed by atoms with Gasteiger partial charge in [0.25, 0.3) is 0 Å². The molecule has 18 heavy (non-hydrogen) atoms. The summed E-state index contributed by atoms with van der Waals surface area (Å²) in [5, 5.41) is 0. The lowest BCUT2D eigenvalue weighted by atomic mass is 9.56. The summed E-state index contributed by atoms with van der Waals surface area (Å²) in [4.78, 5) is 24.1. The molecule has 0 aliphatic heterocycles. The topological polar surface area (TPSA) is 34.1 Å². The summed E-state index contributed by atoms with van der Waals surface area (Å²) in [5.74, 6) is 0.145. The van der Waals surface area contributed by atoms with Crippen LogP contribution in [0, 0.1) is 16.7 Å². The summed E-state index contributed by atoms with van der Waals surface area (Å²) < 4.78 is 0. The number of carbonyl (C=O) groups excluding carboxylic acids is 2. The molecule has 0 N–H and O–H groups in total. The second-order valence-corrected chi connectivity index (χ2v) is 7.21. The second-order valence-electron chi connectivity index (χ2n) is 7.21. The van der Waals surface area contributed by atoms with E-state index in [9.17, 15) is 9.59 Å². The summed E-state index contributed by atoms with van der Waals surface area (Å²) in [7, 11) is 0. The molecular weight excluding hydrogens is 224 g/mol. The molecule has 2 aliphatic rings. The summed E-state index contributed by atoms with van der Waals surface area (Å²) >= 11 is 0. The van der Waals surface area contributed by atoms with Gasteiger partial charge in [-0.3, -0.25) is 9.59 Å². The van der Waals surface area contributed by atoms with Crippen LogP contribution in [-0.4, -0.2) is 11.6 Å². The van der Waals surface area contributed by atoms with E-state index in [1.807, 2.05) is 0 Å². The minimum Gasteiger partial charge on any atom is -0.299 e. The van der Waals surface area contributed by atoms with E-state index in [0.717, 1.165) is 19.3 Å². The van der Waals surface area contributed by atoms with Gasteiger partial charge in [0.15, 0.2) is 0 Å². The van der Waals surface area contributed by atoms with Crippen molar-refractivity contribution in [1.82, 2.24) is 0 Å². The van der Waals surface area contributed by atoms with Crippen LogP contribution in [0.25, 0.3) is 0 Å². The molecule has 0 radical (unpaired) electrons. The predicted octanol–water partition coefficient (Wildman–Crippen LogP) is 3.92. The number of hydrogen-bond donors (Lipinski definition) is 0. The third kappa shape index (κ3) is 2.39. The SMILES string of the molecule is CC1(C)CCCCC1(C)CC(=O)C1CCCC1=O. The van der Waals surface area contributed by atoms with Crippen molar-refractivity contribution in [1.29, 1.82) is 0 Å². The molecule has 102 valence electrons. The Hall–Kier alpha value is -0.660. The first-order valence-corrected chi connectivity index (χ1v) is 7.41. The molecule has 0 amide bonds. The molecule has 0 spiro atoms. The maximum atomic E-state index is 12.4. The maximum Gasteiger partial charge on any atom is 0.143 e. The van der Waals surface area contributed by atoms with Crippen molar-refractivity contribution in [3.05, 3.63) is 0 Å². The van der Waals surface area contributed by atoms with Gasteiger partial charge < -0.3 is 0 Å². The Bertz CT molecular complexity index is 356. The van der Waals surface area contributed by atoms with E-state index in [4.69, 9.17) is 0 Å². The molecule has 2 fully saturated rings. The van der Waals surface area contributed by atoms with Crippen LogP contribution in [0.3, 0.4) is 0 Å². The summed E-state index contributed by atoms with van der Waals surface area (Å²) in [6.45, 7) is 6.83. The largest absolute Gasteiger partial charge is 0.299 e. The first-order valence-electron chi connectivity index (χ1n) is 7.41. The lowest BCUT2D eigenvalue weighted by molar-refractivity contribution is -0.134. The van der Waals surface area contributed by atoms with E-state index < -0.39 is 0 Å². The Morgan fingerprint density at radius 2 is 1.83 bits per heavy atom. The van der Waals surface area contributed by atoms with Crippen LogP contribution in [0.4, 0.5) is 0 Å². The van der Waals surface area contributed by atoms with E-state index in [1.54, 1.807) is 0 Å². The first kappa shape index (κ1) is 13.8. The molecule has 0 bridgehead atoms. The lowest BCUT2D eigenvalue weighted by Crippen LogP contribution is -2.41. The lowest BCUT2D eigenvalue weighted by Gasteiger charge is -2.48. The molecule has 2 unspecified atom stereocenters. The number of rotatable bonds is 3. The minimum atomic E-state index is -0.264. The zero-order valence-electron chi connectivity index (χ0n) is 12.1. The van der Waals surface area contributed by atoms with Gasteiger partial charge in [0.2, 0.25) is 0 Å². The van der Waals surface area contributed by atoms with Gasteiger partial charge in [0.05, 0.1) is 5.92 Å². The number of Topliss-reactive ketones (excluding diaryl/α,β-unsaturated/α-hetero) is 2. The molecule has 0 aromatic rings. The fraction of sp³-hybridized carbons (Fsp3) is 0.875. The van der Waals surface area contributed by atoms with Crippen LogP contribution < -0.4 is 0 Å². The standard InChI is InChI=1S/C16H26O2/c1-15(2)9-4-5-10-16(15,3)11-14(18)12-7-6-8-13(12)17/h12H,4-11H2,1-3H3. The van der Waals surface area contributed by atoms with E-state index in [-0.39, 0.29) is 28.3 Å². The van der Waals surface area contributed by atoms with Crippen LogP contribution in [0.15, 0.2) is 0 Å². The Labute approximate surface area is 111 Å². The van der Waals surface area contributed by atoms with E-state index in [0.29, 0.717) is 12.8 Å². The normalized spacial score (nSPS) is 35.7. The van der Waals surface area contributed by atoms with Gasteiger partial charge in [0, 0.05) is 12.8 Å². The average molecular weight is 250 g/mol. The fourth-order valence-electron chi connectivity index (χ4n) is 3.71. The van der Waals surface area contributed by atoms with Crippen molar-refractivity contribution in [2.75, 3.05) is 0 Å². The summed E-state index contributed by atoms with van der Waals surface area (Å²) in [5.41, 5.74) is 0.313. The van der Waals surface area contributed by atoms with Crippen LogP contribution in [-0.2, 0) is 9.59 Å². The maximum absolute atomic E-state index is 12.4. The second kappa shape index (κ2) is 4.79. The highest BCUT2D eigenvalue weighted by Gasteiger charge is 2.45. The van der Waals surface area contributed by atoms with E-state index in [2.05, 4.69) is 20.8 Å². The monoisotopic (exact) mass is 250 g/mol. The third-order valence-corrected chi connectivity index (χ3v) is 5.67. The van der Waals surface area contributed by atoms with Crippen molar-refractivity contribution in [3.8, 4) is 0 Å². The van der Waals surface area contributed by atoms with Gasteiger partial charge in [-0.25, -0.2) is 0 Å². The average Bonchev–Trinajstić information content (AvgIpc) is 2.69. The highest BCUT2D eigenvalue weighted by Crippen LogP contribution is 2.52. The highest BCUT2D eigenvalue weighted by molar-refractivity contribution is 6.03. The molecule has 2 rings (SSSR count). The van der Waals surface area contributed by atoms with Crippen molar-refractivity contribution in [2.24, 2.45) is 16.7 Å². The molecule has 2 atom stereocenters. The Kier molecular flexibility index (Phi) is 3.66. The van der Waals surface area contributed by atoms with Crippen molar-refractivity contribution >= 4 is 11.6 Å². The minimum absolute atomic E-state index is 0.0885. The van der Waals surface area contributed by atoms with Gasteiger partial charge in [-0.2, -0.15) is 0 Å². The predicted molar refractivity (Wildman–Crippen MR) is 72.3 cm³/mol. The number of hydrogen-bond acceptors (Lipinski definition) is 2. The molecule has 2 heteroatoms. The molecule has 0 aromatic carbocycles. The molecular formula is C16H26O2. The number of carbonyl (C=O) groups is 2. The van der Waals surface area contributed by atoms with Crippen molar-refractivity contribution < 1.29 is 9.59 Å². The fourth-order valence-corrected chi connectivity index (χ4v) is 3.71. The zero-order chi connectivity index (χ0) is 13.4. The van der Waals surface area contributed by atoms with E-state index >= 15 is 0 Å². The number of ketones is 2. The molecule has 2 aliphatic carbocycles. The van der Waals surface area contributed by atoms with Crippen LogP contribution in [0.5, 0.6) is 0 Å². The molecule has 0 heterocycles. The van der Waals surface area contributed by atoms with Gasteiger partial charge in [-0.15, -0.1) is 0 Å². The van der Waals surface area contributed by atoms with Gasteiger partial charge in [-0.1, -0.05) is 33.6 Å². The summed E-state index contributed by atoms with van der Waals surface area (Å²) in [6.07, 6.45) is 7.78. The third-order valence-electron chi connectivity index (χ3n) is 5.67. The molecule has 2 saturated carbocycles. The van der Waals surface area contributed by atoms with E-state index in [1.165, 1.54) is 19.3 Å². The zero-order valence-corrected chi connectivity index (χ0v) is 12.1.